The first-order valence-corrected chi connectivity index (χ1v) is 13.3. The average molecular weight is 497 g/mol. The van der Waals surface area contributed by atoms with Crippen LogP contribution in [0.5, 0.6) is 0 Å². The highest BCUT2D eigenvalue weighted by Gasteiger charge is 2.17. The third kappa shape index (κ3) is 8.02. The third-order valence-electron chi connectivity index (χ3n) is 5.65. The lowest BCUT2D eigenvalue weighted by Crippen LogP contribution is -2.40. The maximum Gasteiger partial charge on any atom is 0.326 e. The summed E-state index contributed by atoms with van der Waals surface area (Å²) in [6.07, 6.45) is 2.38. The highest BCUT2D eigenvalue weighted by Crippen LogP contribution is 2.25. The number of nitrogens with zero attached hydrogens (tertiary/aromatic N) is 3. The van der Waals surface area contributed by atoms with Crippen LogP contribution in [0.4, 0.5) is 4.79 Å². The number of hydrogen-bond donors (Lipinski definition) is 1. The number of amides is 2. The molecule has 0 spiro atoms. The van der Waals surface area contributed by atoms with Gasteiger partial charge in [-0.3, -0.25) is 4.79 Å². The van der Waals surface area contributed by atoms with Gasteiger partial charge in [0, 0.05) is 25.4 Å². The van der Waals surface area contributed by atoms with E-state index in [1.54, 1.807) is 11.8 Å². The Balaban J connectivity index is 1.64. The molecule has 3 rings (SSSR count). The number of hydrogen-bond acceptors (Lipinski definition) is 5. The lowest BCUT2D eigenvalue weighted by Gasteiger charge is -2.23. The average Bonchev–Trinajstić information content (AvgIpc) is 3.21. The molecule has 2 aromatic carbocycles. The van der Waals surface area contributed by atoms with Crippen molar-refractivity contribution in [1.82, 2.24) is 19.8 Å². The molecule has 0 fully saturated rings. The van der Waals surface area contributed by atoms with Gasteiger partial charge >= 0.3 is 12.0 Å². The Bertz CT molecular complexity index is 1090. The van der Waals surface area contributed by atoms with Crippen molar-refractivity contribution in [3.05, 3.63) is 60.2 Å². The van der Waals surface area contributed by atoms with E-state index in [9.17, 15) is 9.59 Å². The molecular weight excluding hydrogens is 460 g/mol. The molecule has 0 aliphatic heterocycles. The van der Waals surface area contributed by atoms with Crippen LogP contribution >= 0.6 is 11.8 Å². The summed E-state index contributed by atoms with van der Waals surface area (Å²) in [5.74, 6) is 0.516. The number of fused-ring (bicyclic) bond motifs is 1. The summed E-state index contributed by atoms with van der Waals surface area (Å²) in [5.41, 5.74) is 2.88. The first kappa shape index (κ1) is 26.6. The first-order chi connectivity index (χ1) is 17.0. The Morgan fingerprint density at radius 3 is 2.60 bits per heavy atom. The Morgan fingerprint density at radius 1 is 1.11 bits per heavy atom. The van der Waals surface area contributed by atoms with Gasteiger partial charge < -0.3 is 19.5 Å². The zero-order chi connectivity index (χ0) is 25.0. The number of nitrogens with one attached hydrogen (secondary N) is 1. The number of carbonyl (C=O) groups excluding carboxylic acids is 2. The molecule has 1 unspecified atom stereocenters. The molecule has 0 saturated carbocycles. The van der Waals surface area contributed by atoms with Crippen LogP contribution in [-0.4, -0.2) is 51.4 Å². The lowest BCUT2D eigenvalue weighted by atomic mass is 10.2. The molecule has 0 saturated heterocycles. The van der Waals surface area contributed by atoms with Crippen molar-refractivity contribution in [2.45, 2.75) is 64.4 Å². The number of imidazole rings is 1. The number of esters is 1. The van der Waals surface area contributed by atoms with Gasteiger partial charge in [-0.05, 0) is 43.9 Å². The molecule has 188 valence electrons. The summed E-state index contributed by atoms with van der Waals surface area (Å²) < 4.78 is 7.43. The van der Waals surface area contributed by atoms with Crippen molar-refractivity contribution >= 4 is 34.8 Å². The smallest absolute Gasteiger partial charge is 0.326 e. The van der Waals surface area contributed by atoms with Gasteiger partial charge in [-0.15, -0.1) is 0 Å². The van der Waals surface area contributed by atoms with E-state index in [1.165, 1.54) is 0 Å². The quantitative estimate of drug-likeness (QED) is 0.193. The monoisotopic (exact) mass is 496 g/mol. The first-order valence-electron chi connectivity index (χ1n) is 12.4. The molecule has 7 nitrogen and oxygen atoms in total. The molecule has 0 aliphatic rings. The van der Waals surface area contributed by atoms with Gasteiger partial charge in [0.25, 0.3) is 0 Å². The number of benzene rings is 2. The van der Waals surface area contributed by atoms with Crippen LogP contribution in [0.25, 0.3) is 11.0 Å². The van der Waals surface area contributed by atoms with Crippen LogP contribution in [0.3, 0.4) is 0 Å². The summed E-state index contributed by atoms with van der Waals surface area (Å²) in [5, 5.41) is 3.78. The molecule has 0 bridgehead atoms. The zero-order valence-electron chi connectivity index (χ0n) is 20.9. The Kier molecular flexibility index (Phi) is 10.5. The lowest BCUT2D eigenvalue weighted by molar-refractivity contribution is -0.149. The van der Waals surface area contributed by atoms with Gasteiger partial charge in [0.05, 0.1) is 17.1 Å². The predicted molar refractivity (Wildman–Crippen MR) is 141 cm³/mol. The van der Waals surface area contributed by atoms with Crippen LogP contribution in [0.1, 0.15) is 45.6 Å². The second-order valence-electron chi connectivity index (χ2n) is 8.52. The molecule has 3 aromatic rings. The number of urea groups is 1. The van der Waals surface area contributed by atoms with Crippen molar-refractivity contribution in [3.63, 3.8) is 0 Å². The summed E-state index contributed by atoms with van der Waals surface area (Å²) in [7, 11) is 0. The van der Waals surface area contributed by atoms with Crippen LogP contribution in [-0.2, 0) is 22.6 Å². The van der Waals surface area contributed by atoms with E-state index in [0.717, 1.165) is 46.8 Å². The largest absolute Gasteiger partial charge is 0.461 e. The molecule has 1 heterocycles. The van der Waals surface area contributed by atoms with E-state index >= 15 is 0 Å². The molecule has 0 aliphatic carbocycles. The second kappa shape index (κ2) is 13.8. The zero-order valence-corrected chi connectivity index (χ0v) is 21.7. The fraction of sp³-hybridized carbons (Fsp3) is 0.444. The molecule has 1 atom stereocenters. The number of aromatic nitrogens is 2. The van der Waals surface area contributed by atoms with Crippen LogP contribution in [0.15, 0.2) is 59.8 Å². The minimum Gasteiger partial charge on any atom is -0.461 e. The number of para-hydroxylation sites is 2. The van der Waals surface area contributed by atoms with Crippen molar-refractivity contribution < 1.29 is 14.3 Å². The Hall–Kier alpha value is -3.00. The van der Waals surface area contributed by atoms with Crippen molar-refractivity contribution in [2.75, 3.05) is 18.8 Å². The third-order valence-corrected chi connectivity index (χ3v) is 6.71. The molecule has 35 heavy (non-hydrogen) atoms. The SMILES string of the molecule is CCCNC(=O)N(CCCSc1nc2ccccc2n1CC(=O)OC(C)CC)Cc1ccccc1. The van der Waals surface area contributed by atoms with E-state index in [0.29, 0.717) is 19.6 Å². The highest BCUT2D eigenvalue weighted by atomic mass is 32.2. The summed E-state index contributed by atoms with van der Waals surface area (Å²) in [4.78, 5) is 31.8. The standard InChI is InChI=1S/C27H36N4O3S/c1-4-16-28-26(33)30(19-22-12-7-6-8-13-22)17-11-18-35-27-29-23-14-9-10-15-24(23)31(27)20-25(32)34-21(3)5-2/h6-10,12-15,21H,4-5,11,16-20H2,1-3H3,(H,28,33). The van der Waals surface area contributed by atoms with Crippen LogP contribution in [0, 0.1) is 0 Å². The van der Waals surface area contributed by atoms with E-state index in [1.807, 2.05) is 84.8 Å². The molecule has 1 aromatic heterocycles. The summed E-state index contributed by atoms with van der Waals surface area (Å²) in [6, 6.07) is 17.8. The van der Waals surface area contributed by atoms with Gasteiger partial charge in [-0.1, -0.05) is 68.1 Å². The second-order valence-corrected chi connectivity index (χ2v) is 9.58. The fourth-order valence-electron chi connectivity index (χ4n) is 3.61. The van der Waals surface area contributed by atoms with Crippen molar-refractivity contribution in [1.29, 1.82) is 0 Å². The molecular formula is C27H36N4O3S. The van der Waals surface area contributed by atoms with E-state index in [2.05, 4.69) is 5.32 Å². The van der Waals surface area contributed by atoms with Gasteiger partial charge in [0.1, 0.15) is 6.54 Å². The number of ether oxygens (including phenoxy) is 1. The van der Waals surface area contributed by atoms with Crippen molar-refractivity contribution in [2.24, 2.45) is 0 Å². The highest BCUT2D eigenvalue weighted by molar-refractivity contribution is 7.99. The predicted octanol–water partition coefficient (Wildman–Crippen LogP) is 5.48. The number of thioether (sulfide) groups is 1. The number of rotatable bonds is 13. The minimum absolute atomic E-state index is 0.0410. The topological polar surface area (TPSA) is 76.5 Å². The van der Waals surface area contributed by atoms with Crippen LogP contribution < -0.4 is 5.32 Å². The normalized spacial score (nSPS) is 11.9. The Labute approximate surface area is 212 Å². The maximum absolute atomic E-state index is 12.7. The van der Waals surface area contributed by atoms with Crippen LogP contribution in [0.2, 0.25) is 0 Å². The molecule has 1 N–H and O–H groups in total. The van der Waals surface area contributed by atoms with Gasteiger partial charge in [0.2, 0.25) is 0 Å². The van der Waals surface area contributed by atoms with Gasteiger partial charge in [-0.25, -0.2) is 9.78 Å². The fourth-order valence-corrected chi connectivity index (χ4v) is 4.55. The van der Waals surface area contributed by atoms with Gasteiger partial charge in [-0.2, -0.15) is 0 Å². The Morgan fingerprint density at radius 2 is 1.86 bits per heavy atom. The molecule has 8 heteroatoms. The molecule has 0 radical (unpaired) electrons. The number of carbonyl (C=O) groups is 2. The van der Waals surface area contributed by atoms with Gasteiger partial charge in [0.15, 0.2) is 5.16 Å². The summed E-state index contributed by atoms with van der Waals surface area (Å²) >= 11 is 1.60. The maximum atomic E-state index is 12.7. The van der Waals surface area contributed by atoms with E-state index in [-0.39, 0.29) is 24.6 Å². The minimum atomic E-state index is -0.258. The summed E-state index contributed by atoms with van der Waals surface area (Å²) in [6.45, 7) is 7.94. The van der Waals surface area contributed by atoms with Crippen molar-refractivity contribution in [3.8, 4) is 0 Å². The van der Waals surface area contributed by atoms with E-state index < -0.39 is 0 Å². The van der Waals surface area contributed by atoms with E-state index in [4.69, 9.17) is 9.72 Å². The molecule has 2 amide bonds.